The summed E-state index contributed by atoms with van der Waals surface area (Å²) in [5.41, 5.74) is 0.202. The number of ether oxygens (including phenoxy) is 2. The SMILES string of the molecule is CC(C)(C)OC(=O)N1CC2CN(CCS(=O)(=O)N(C#N)Cc3ccccc3)CC(C1)O2. The van der Waals surface area contributed by atoms with Crippen molar-refractivity contribution in [3.8, 4) is 6.19 Å². The summed E-state index contributed by atoms with van der Waals surface area (Å²) in [4.78, 5) is 16.1. The molecular formula is C21H30N4O5S. The van der Waals surface area contributed by atoms with Crippen LogP contribution in [-0.4, -0.2) is 84.9 Å². The maximum atomic E-state index is 12.7. The molecule has 1 aromatic rings. The molecule has 2 bridgehead atoms. The van der Waals surface area contributed by atoms with Gasteiger partial charge in [-0.15, -0.1) is 0 Å². The molecule has 0 aliphatic carbocycles. The Labute approximate surface area is 184 Å². The molecule has 2 atom stereocenters. The third-order valence-electron chi connectivity index (χ3n) is 5.09. The maximum Gasteiger partial charge on any atom is 0.410 e. The molecule has 170 valence electrons. The average Bonchev–Trinajstić information content (AvgIpc) is 2.69. The number of benzene rings is 1. The van der Waals surface area contributed by atoms with Crippen molar-refractivity contribution in [1.29, 1.82) is 5.26 Å². The highest BCUT2D eigenvalue weighted by atomic mass is 32.2. The second kappa shape index (κ2) is 9.42. The van der Waals surface area contributed by atoms with E-state index in [4.69, 9.17) is 9.47 Å². The zero-order valence-electron chi connectivity index (χ0n) is 18.2. The topological polar surface area (TPSA) is 103 Å². The van der Waals surface area contributed by atoms with E-state index >= 15 is 0 Å². The van der Waals surface area contributed by atoms with Crippen LogP contribution in [-0.2, 0) is 26.0 Å². The number of hydrogen-bond acceptors (Lipinski definition) is 7. The van der Waals surface area contributed by atoms with Gasteiger partial charge in [-0.25, -0.2) is 17.5 Å². The minimum Gasteiger partial charge on any atom is -0.444 e. The van der Waals surface area contributed by atoms with E-state index in [9.17, 15) is 18.5 Å². The van der Waals surface area contributed by atoms with E-state index in [0.29, 0.717) is 32.7 Å². The summed E-state index contributed by atoms with van der Waals surface area (Å²) in [6, 6.07) is 9.04. The van der Waals surface area contributed by atoms with Crippen LogP contribution in [0.5, 0.6) is 0 Å². The van der Waals surface area contributed by atoms with Gasteiger partial charge in [0, 0.05) is 19.6 Å². The molecule has 1 aromatic carbocycles. The maximum absolute atomic E-state index is 12.7. The number of carbonyl (C=O) groups is 1. The van der Waals surface area contributed by atoms with Crippen molar-refractivity contribution < 1.29 is 22.7 Å². The van der Waals surface area contributed by atoms with Crippen LogP contribution in [0.1, 0.15) is 26.3 Å². The van der Waals surface area contributed by atoms with Gasteiger partial charge in [0.15, 0.2) is 6.19 Å². The number of nitriles is 1. The molecule has 2 fully saturated rings. The summed E-state index contributed by atoms with van der Waals surface area (Å²) in [7, 11) is -3.73. The van der Waals surface area contributed by atoms with E-state index in [1.54, 1.807) is 23.2 Å². The molecule has 0 saturated carbocycles. The molecule has 2 aliphatic heterocycles. The van der Waals surface area contributed by atoms with Crippen molar-refractivity contribution in [3.05, 3.63) is 35.9 Å². The lowest BCUT2D eigenvalue weighted by molar-refractivity contribution is -0.135. The van der Waals surface area contributed by atoms with Gasteiger partial charge in [0.2, 0.25) is 10.0 Å². The van der Waals surface area contributed by atoms with Crippen molar-refractivity contribution in [2.24, 2.45) is 0 Å². The number of amides is 1. The van der Waals surface area contributed by atoms with Gasteiger partial charge in [0.1, 0.15) is 5.60 Å². The zero-order chi connectivity index (χ0) is 22.6. The number of sulfonamides is 1. The lowest BCUT2D eigenvalue weighted by atomic mass is 10.1. The van der Waals surface area contributed by atoms with Crippen LogP contribution >= 0.6 is 0 Å². The molecule has 0 N–H and O–H groups in total. The Bertz CT molecular complexity index is 896. The Balaban J connectivity index is 1.53. The molecule has 2 saturated heterocycles. The van der Waals surface area contributed by atoms with E-state index in [2.05, 4.69) is 0 Å². The highest BCUT2D eigenvalue weighted by Crippen LogP contribution is 2.21. The molecule has 2 heterocycles. The lowest BCUT2D eigenvalue weighted by Crippen LogP contribution is -2.61. The predicted octanol–water partition coefficient (Wildman–Crippen LogP) is 1.62. The third kappa shape index (κ3) is 6.56. The quantitative estimate of drug-likeness (QED) is 0.479. The van der Waals surface area contributed by atoms with Crippen molar-refractivity contribution in [2.45, 2.75) is 45.1 Å². The fraction of sp³-hybridized carbons (Fsp3) is 0.619. The Morgan fingerprint density at radius 3 is 2.35 bits per heavy atom. The first-order chi connectivity index (χ1) is 14.6. The van der Waals surface area contributed by atoms with E-state index in [-0.39, 0.29) is 30.6 Å². The number of nitrogens with zero attached hydrogens (tertiary/aromatic N) is 4. The van der Waals surface area contributed by atoms with Gasteiger partial charge in [-0.05, 0) is 26.3 Å². The van der Waals surface area contributed by atoms with Crippen LogP contribution in [0, 0.1) is 11.5 Å². The normalized spacial score (nSPS) is 21.9. The van der Waals surface area contributed by atoms with E-state index < -0.39 is 15.6 Å². The van der Waals surface area contributed by atoms with Crippen LogP contribution in [0.15, 0.2) is 30.3 Å². The average molecular weight is 451 g/mol. The molecule has 0 aromatic heterocycles. The van der Waals surface area contributed by atoms with Gasteiger partial charge in [0.05, 0.1) is 37.6 Å². The Morgan fingerprint density at radius 2 is 1.81 bits per heavy atom. The van der Waals surface area contributed by atoms with Crippen LogP contribution in [0.25, 0.3) is 0 Å². The standard InChI is InChI=1S/C21H30N4O5S/c1-21(2,3)30-20(26)24-14-18-12-23(13-19(15-24)29-18)9-10-31(27,28)25(16-22)11-17-7-5-4-6-8-17/h4-8,18-19H,9-15H2,1-3H3. The van der Waals surface area contributed by atoms with Crippen LogP contribution in [0.4, 0.5) is 4.79 Å². The number of carbonyl (C=O) groups excluding carboxylic acids is 1. The Kier molecular flexibility index (Phi) is 7.09. The lowest BCUT2D eigenvalue weighted by Gasteiger charge is -2.45. The first-order valence-corrected chi connectivity index (χ1v) is 12.0. The molecule has 10 heteroatoms. The minimum atomic E-state index is -3.73. The van der Waals surface area contributed by atoms with Gasteiger partial charge in [-0.1, -0.05) is 30.3 Å². The van der Waals surface area contributed by atoms with E-state index in [1.807, 2.05) is 43.9 Å². The third-order valence-corrected chi connectivity index (χ3v) is 6.67. The number of rotatable bonds is 6. The number of fused-ring (bicyclic) bond motifs is 2. The fourth-order valence-corrected chi connectivity index (χ4v) is 4.91. The van der Waals surface area contributed by atoms with Gasteiger partial charge < -0.3 is 14.4 Å². The van der Waals surface area contributed by atoms with Crippen LogP contribution in [0.2, 0.25) is 0 Å². The Morgan fingerprint density at radius 1 is 1.19 bits per heavy atom. The van der Waals surface area contributed by atoms with Crippen LogP contribution in [0.3, 0.4) is 0 Å². The summed E-state index contributed by atoms with van der Waals surface area (Å²) < 4.78 is 37.6. The summed E-state index contributed by atoms with van der Waals surface area (Å²) >= 11 is 0. The van der Waals surface area contributed by atoms with Gasteiger partial charge in [-0.2, -0.15) is 5.26 Å². The summed E-state index contributed by atoms with van der Waals surface area (Å²) in [6.45, 7) is 7.69. The smallest absolute Gasteiger partial charge is 0.410 e. The molecular weight excluding hydrogens is 420 g/mol. The largest absolute Gasteiger partial charge is 0.444 e. The zero-order valence-corrected chi connectivity index (χ0v) is 19.0. The Hall–Kier alpha value is -2.35. The first-order valence-electron chi connectivity index (χ1n) is 10.4. The summed E-state index contributed by atoms with van der Waals surface area (Å²) in [6.07, 6.45) is 1.05. The fourth-order valence-electron chi connectivity index (χ4n) is 3.73. The molecule has 3 rings (SSSR count). The first kappa shape index (κ1) is 23.3. The highest BCUT2D eigenvalue weighted by molar-refractivity contribution is 7.89. The predicted molar refractivity (Wildman–Crippen MR) is 114 cm³/mol. The summed E-state index contributed by atoms with van der Waals surface area (Å²) in [5, 5.41) is 9.37. The molecule has 0 radical (unpaired) electrons. The number of hydrogen-bond donors (Lipinski definition) is 0. The molecule has 31 heavy (non-hydrogen) atoms. The van der Waals surface area contributed by atoms with Crippen molar-refractivity contribution in [1.82, 2.24) is 14.1 Å². The van der Waals surface area contributed by atoms with Gasteiger partial charge in [0.25, 0.3) is 0 Å². The molecule has 9 nitrogen and oxygen atoms in total. The van der Waals surface area contributed by atoms with Crippen molar-refractivity contribution in [2.75, 3.05) is 38.5 Å². The molecule has 0 spiro atoms. The van der Waals surface area contributed by atoms with Crippen molar-refractivity contribution >= 4 is 16.1 Å². The van der Waals surface area contributed by atoms with Crippen LogP contribution < -0.4 is 0 Å². The second-order valence-electron chi connectivity index (χ2n) is 8.93. The molecule has 2 unspecified atom stereocenters. The van der Waals surface area contributed by atoms with E-state index in [1.165, 1.54) is 0 Å². The summed E-state index contributed by atoms with van der Waals surface area (Å²) in [5.74, 6) is -0.150. The minimum absolute atomic E-state index is 0.0267. The highest BCUT2D eigenvalue weighted by Gasteiger charge is 2.38. The molecule has 1 amide bonds. The second-order valence-corrected chi connectivity index (χ2v) is 10.9. The van der Waals surface area contributed by atoms with Crippen molar-refractivity contribution in [3.63, 3.8) is 0 Å². The van der Waals surface area contributed by atoms with E-state index in [0.717, 1.165) is 9.87 Å². The monoisotopic (exact) mass is 450 g/mol. The van der Waals surface area contributed by atoms with Gasteiger partial charge in [-0.3, -0.25) is 4.90 Å². The van der Waals surface area contributed by atoms with Gasteiger partial charge >= 0.3 is 6.09 Å². The number of morpholine rings is 2. The molecule has 2 aliphatic rings.